The molecule has 25 heavy (non-hydrogen) atoms. The van der Waals surface area contributed by atoms with Gasteiger partial charge in [0, 0.05) is 26.2 Å². The molecule has 0 saturated carbocycles. The van der Waals surface area contributed by atoms with E-state index in [1.807, 2.05) is 13.8 Å². The van der Waals surface area contributed by atoms with Crippen molar-refractivity contribution >= 4 is 17.1 Å². The standard InChI is InChI=1S/C16H25N5O4/c1-5-17-16-18-13-11(14(23)19-16)20(3)8-21(13)15-12(22)10(6-7-24-4)9(2)25-15/h8-10,12,15,22H,5-7H2,1-4H3,(H-,17,18,19,23)/p+1/t9-,10-,12-,15-/m1/s1. The Morgan fingerprint density at radius 1 is 1.56 bits per heavy atom. The number of ether oxygens (including phenoxy) is 2. The third-order valence-corrected chi connectivity index (χ3v) is 4.73. The van der Waals surface area contributed by atoms with E-state index in [2.05, 4.69) is 15.3 Å². The van der Waals surface area contributed by atoms with Gasteiger partial charge in [0.2, 0.25) is 18.5 Å². The van der Waals surface area contributed by atoms with Crippen molar-refractivity contribution in [3.05, 3.63) is 16.7 Å². The number of nitrogens with one attached hydrogen (secondary N) is 2. The number of imidazole rings is 1. The number of aliphatic hydroxyl groups excluding tert-OH is 1. The number of aliphatic hydroxyl groups is 1. The van der Waals surface area contributed by atoms with Gasteiger partial charge in [-0.1, -0.05) is 0 Å². The van der Waals surface area contributed by atoms with Gasteiger partial charge in [-0.25, -0.2) is 4.57 Å². The molecular weight excluding hydrogens is 326 g/mol. The summed E-state index contributed by atoms with van der Waals surface area (Å²) in [6, 6.07) is 0. The maximum Gasteiger partial charge on any atom is 0.304 e. The van der Waals surface area contributed by atoms with Crippen molar-refractivity contribution in [1.29, 1.82) is 0 Å². The summed E-state index contributed by atoms with van der Waals surface area (Å²) in [6.45, 7) is 5.07. The number of H-pyrrole nitrogens is 1. The number of aryl methyl sites for hydroxylation is 1. The molecule has 0 aromatic carbocycles. The maximum absolute atomic E-state index is 12.4. The highest BCUT2D eigenvalue weighted by Crippen LogP contribution is 2.36. The SMILES string of the molecule is CCNc1nc2c(c(=O)[nH]1)[n+](C)cn2[C@@H]1O[C@H](C)[C@@H](CCOC)[C@H]1O. The van der Waals surface area contributed by atoms with Crippen LogP contribution in [0.15, 0.2) is 11.1 Å². The van der Waals surface area contributed by atoms with Gasteiger partial charge in [0.05, 0.1) is 13.2 Å². The number of nitrogens with zero attached hydrogens (tertiary/aromatic N) is 3. The van der Waals surface area contributed by atoms with Crippen molar-refractivity contribution in [1.82, 2.24) is 14.5 Å². The molecule has 0 spiro atoms. The minimum Gasteiger partial charge on any atom is -0.386 e. The van der Waals surface area contributed by atoms with E-state index in [4.69, 9.17) is 9.47 Å². The molecule has 0 amide bonds. The summed E-state index contributed by atoms with van der Waals surface area (Å²) in [5.41, 5.74) is 0.676. The normalized spacial score (nSPS) is 26.4. The van der Waals surface area contributed by atoms with Gasteiger partial charge in [-0.15, -0.1) is 0 Å². The molecule has 1 aliphatic heterocycles. The second kappa shape index (κ2) is 7.11. The first kappa shape index (κ1) is 17.8. The highest BCUT2D eigenvalue weighted by Gasteiger charge is 2.46. The van der Waals surface area contributed by atoms with E-state index in [0.717, 1.165) is 0 Å². The van der Waals surface area contributed by atoms with Gasteiger partial charge in [0.1, 0.15) is 6.10 Å². The molecule has 0 aliphatic carbocycles. The third-order valence-electron chi connectivity index (χ3n) is 4.73. The molecule has 0 bridgehead atoms. The van der Waals surface area contributed by atoms with Gasteiger partial charge >= 0.3 is 5.56 Å². The summed E-state index contributed by atoms with van der Waals surface area (Å²) >= 11 is 0. The molecule has 3 N–H and O–H groups in total. The highest BCUT2D eigenvalue weighted by atomic mass is 16.5. The predicted molar refractivity (Wildman–Crippen MR) is 91.3 cm³/mol. The molecule has 2 aromatic heterocycles. The fraction of sp³-hybridized carbons (Fsp3) is 0.688. The Bertz CT molecular complexity index is 802. The van der Waals surface area contributed by atoms with Crippen molar-refractivity contribution in [2.45, 2.75) is 38.7 Å². The van der Waals surface area contributed by atoms with Crippen LogP contribution in [0.5, 0.6) is 0 Å². The van der Waals surface area contributed by atoms with Gasteiger partial charge in [0.25, 0.3) is 11.2 Å². The fourth-order valence-corrected chi connectivity index (χ4v) is 3.47. The largest absolute Gasteiger partial charge is 0.386 e. The molecule has 9 nitrogen and oxygen atoms in total. The first-order chi connectivity index (χ1) is 12.0. The van der Waals surface area contributed by atoms with Crippen LogP contribution in [-0.2, 0) is 16.5 Å². The first-order valence-corrected chi connectivity index (χ1v) is 8.54. The number of methoxy groups -OCH3 is 1. The van der Waals surface area contributed by atoms with Crippen LogP contribution in [0.25, 0.3) is 11.2 Å². The maximum atomic E-state index is 12.4. The van der Waals surface area contributed by atoms with Crippen LogP contribution in [-0.4, -0.2) is 52.1 Å². The summed E-state index contributed by atoms with van der Waals surface area (Å²) in [6.07, 6.45) is 1.03. The Hall–Kier alpha value is -1.97. The second-order valence-corrected chi connectivity index (χ2v) is 6.42. The molecule has 0 radical (unpaired) electrons. The van der Waals surface area contributed by atoms with E-state index < -0.39 is 12.3 Å². The Balaban J connectivity index is 2.02. The lowest BCUT2D eigenvalue weighted by Crippen LogP contribution is -2.32. The van der Waals surface area contributed by atoms with Crippen LogP contribution < -0.4 is 15.4 Å². The van der Waals surface area contributed by atoms with Crippen molar-refractivity contribution in [3.63, 3.8) is 0 Å². The molecule has 3 heterocycles. The lowest BCUT2D eigenvalue weighted by Gasteiger charge is -2.16. The summed E-state index contributed by atoms with van der Waals surface area (Å²) in [7, 11) is 3.41. The molecular formula is C16H26N5O4+. The van der Waals surface area contributed by atoms with E-state index >= 15 is 0 Å². The topological polar surface area (TPSA) is 105 Å². The quantitative estimate of drug-likeness (QED) is 0.628. The van der Waals surface area contributed by atoms with Gasteiger partial charge in [-0.3, -0.25) is 9.78 Å². The number of hydrogen-bond donors (Lipinski definition) is 3. The van der Waals surface area contributed by atoms with E-state index in [9.17, 15) is 9.90 Å². The fourth-order valence-electron chi connectivity index (χ4n) is 3.47. The van der Waals surface area contributed by atoms with Crippen molar-refractivity contribution in [2.24, 2.45) is 13.0 Å². The number of anilines is 1. The number of hydrogen-bond acceptors (Lipinski definition) is 6. The Labute approximate surface area is 145 Å². The highest BCUT2D eigenvalue weighted by molar-refractivity contribution is 5.67. The van der Waals surface area contributed by atoms with Gasteiger partial charge in [-0.2, -0.15) is 9.55 Å². The zero-order valence-electron chi connectivity index (χ0n) is 15.0. The molecule has 4 atom stereocenters. The number of aromatic nitrogens is 4. The van der Waals surface area contributed by atoms with Crippen molar-refractivity contribution < 1.29 is 19.1 Å². The Kier molecular flexibility index (Phi) is 5.07. The van der Waals surface area contributed by atoms with Crippen LogP contribution in [0.1, 0.15) is 26.5 Å². The van der Waals surface area contributed by atoms with E-state index in [-0.39, 0.29) is 17.6 Å². The third kappa shape index (κ3) is 3.14. The van der Waals surface area contributed by atoms with E-state index in [1.165, 1.54) is 0 Å². The monoisotopic (exact) mass is 352 g/mol. The van der Waals surface area contributed by atoms with E-state index in [1.54, 1.807) is 29.6 Å². The summed E-state index contributed by atoms with van der Waals surface area (Å²) in [5.74, 6) is 0.361. The zero-order chi connectivity index (χ0) is 18.1. The van der Waals surface area contributed by atoms with Gasteiger partial charge in [0.15, 0.2) is 0 Å². The van der Waals surface area contributed by atoms with E-state index in [0.29, 0.717) is 36.7 Å². The van der Waals surface area contributed by atoms with Crippen LogP contribution in [0.3, 0.4) is 0 Å². The average Bonchev–Trinajstić information content (AvgIpc) is 3.03. The minimum atomic E-state index is -0.704. The zero-order valence-corrected chi connectivity index (χ0v) is 15.0. The van der Waals surface area contributed by atoms with Crippen LogP contribution in [0.4, 0.5) is 5.95 Å². The van der Waals surface area contributed by atoms with Crippen LogP contribution in [0.2, 0.25) is 0 Å². The molecule has 138 valence electrons. The lowest BCUT2D eigenvalue weighted by atomic mass is 9.95. The molecule has 9 heteroatoms. The summed E-state index contributed by atoms with van der Waals surface area (Å²) in [5, 5.41) is 13.8. The number of aromatic amines is 1. The molecule has 3 rings (SSSR count). The molecule has 2 aromatic rings. The average molecular weight is 352 g/mol. The van der Waals surface area contributed by atoms with Crippen molar-refractivity contribution in [3.8, 4) is 0 Å². The van der Waals surface area contributed by atoms with Crippen molar-refractivity contribution in [2.75, 3.05) is 25.6 Å². The van der Waals surface area contributed by atoms with Gasteiger partial charge in [-0.05, 0) is 20.3 Å². The molecule has 1 saturated heterocycles. The smallest absolute Gasteiger partial charge is 0.304 e. The van der Waals surface area contributed by atoms with Crippen LogP contribution in [0, 0.1) is 5.92 Å². The van der Waals surface area contributed by atoms with Gasteiger partial charge < -0.3 is 19.9 Å². The molecule has 0 unspecified atom stereocenters. The first-order valence-electron chi connectivity index (χ1n) is 8.54. The molecule has 1 aliphatic rings. The van der Waals surface area contributed by atoms with Crippen LogP contribution >= 0.6 is 0 Å². The number of rotatable bonds is 6. The molecule has 1 fully saturated rings. The summed E-state index contributed by atoms with van der Waals surface area (Å²) < 4.78 is 14.6. The number of fused-ring (bicyclic) bond motifs is 1. The Morgan fingerprint density at radius 2 is 2.32 bits per heavy atom. The minimum absolute atomic E-state index is 0.0389. The Morgan fingerprint density at radius 3 is 3.00 bits per heavy atom. The second-order valence-electron chi connectivity index (χ2n) is 6.42. The summed E-state index contributed by atoms with van der Waals surface area (Å²) in [4.78, 5) is 19.6. The lowest BCUT2D eigenvalue weighted by molar-refractivity contribution is -0.646. The predicted octanol–water partition coefficient (Wildman–Crippen LogP) is -0.0882.